The zero-order valence-electron chi connectivity index (χ0n) is 15.4. The molecule has 0 aliphatic carbocycles. The van der Waals surface area contributed by atoms with Crippen LogP contribution in [-0.4, -0.2) is 32.2 Å². The minimum Gasteiger partial charge on any atom is -0.334 e. The summed E-state index contributed by atoms with van der Waals surface area (Å²) in [5, 5.41) is 7.45. The first-order valence-corrected chi connectivity index (χ1v) is 9.24. The molecule has 7 heteroatoms. The highest BCUT2D eigenvalue weighted by atomic mass is 16.2. The van der Waals surface area contributed by atoms with Gasteiger partial charge in [-0.25, -0.2) is 9.48 Å². The molecule has 142 valence electrons. The molecule has 2 amide bonds. The highest BCUT2D eigenvalue weighted by molar-refractivity contribution is 5.74. The second-order valence-electron chi connectivity index (χ2n) is 6.79. The van der Waals surface area contributed by atoms with Crippen molar-refractivity contribution in [2.24, 2.45) is 0 Å². The van der Waals surface area contributed by atoms with E-state index >= 15 is 0 Å². The summed E-state index contributed by atoms with van der Waals surface area (Å²) in [6, 6.07) is 15.0. The molecular formula is C21H21N5O2. The third-order valence-electron chi connectivity index (χ3n) is 4.77. The van der Waals surface area contributed by atoms with E-state index in [9.17, 15) is 9.59 Å². The first kappa shape index (κ1) is 17.9. The van der Waals surface area contributed by atoms with Crippen molar-refractivity contribution >= 4 is 6.03 Å². The summed E-state index contributed by atoms with van der Waals surface area (Å²) in [6.45, 7) is 1.84. The first-order chi connectivity index (χ1) is 13.7. The number of urea groups is 1. The lowest BCUT2D eigenvalue weighted by Crippen LogP contribution is -2.43. The van der Waals surface area contributed by atoms with E-state index < -0.39 is 0 Å². The Kier molecular flexibility index (Phi) is 5.14. The van der Waals surface area contributed by atoms with E-state index in [-0.39, 0.29) is 11.6 Å². The number of pyridine rings is 1. The summed E-state index contributed by atoms with van der Waals surface area (Å²) in [5.41, 5.74) is 3.49. The number of aromatic nitrogens is 3. The SMILES string of the molecule is O=C(NCc1ccccc1)N1CCc2nn(Cc3cccnc3)c(=O)cc2C1. The third kappa shape index (κ3) is 4.09. The minimum absolute atomic E-state index is 0.131. The molecule has 0 radical (unpaired) electrons. The fourth-order valence-corrected chi connectivity index (χ4v) is 3.28. The van der Waals surface area contributed by atoms with E-state index in [0.29, 0.717) is 32.6 Å². The van der Waals surface area contributed by atoms with Crippen molar-refractivity contribution in [2.45, 2.75) is 26.1 Å². The highest BCUT2D eigenvalue weighted by Crippen LogP contribution is 2.15. The number of hydrogen-bond acceptors (Lipinski definition) is 4. The summed E-state index contributed by atoms with van der Waals surface area (Å²) < 4.78 is 1.46. The quantitative estimate of drug-likeness (QED) is 0.756. The molecule has 1 aliphatic heterocycles. The Morgan fingerprint density at radius 1 is 1.11 bits per heavy atom. The van der Waals surface area contributed by atoms with E-state index in [2.05, 4.69) is 15.4 Å². The van der Waals surface area contributed by atoms with Gasteiger partial charge in [0.25, 0.3) is 5.56 Å². The van der Waals surface area contributed by atoms with Crippen LogP contribution in [-0.2, 0) is 26.1 Å². The Morgan fingerprint density at radius 3 is 2.71 bits per heavy atom. The zero-order chi connectivity index (χ0) is 19.3. The van der Waals surface area contributed by atoms with Gasteiger partial charge in [0.1, 0.15) is 0 Å². The molecule has 0 saturated heterocycles. The Balaban J connectivity index is 1.43. The Labute approximate surface area is 162 Å². The second-order valence-corrected chi connectivity index (χ2v) is 6.79. The van der Waals surface area contributed by atoms with Crippen LogP contribution >= 0.6 is 0 Å². The van der Waals surface area contributed by atoms with Crippen LogP contribution in [0.25, 0.3) is 0 Å². The fraction of sp³-hybridized carbons (Fsp3) is 0.238. The maximum atomic E-state index is 12.5. The monoisotopic (exact) mass is 375 g/mol. The standard InChI is InChI=1S/C21H21N5O2/c27-20-11-18-15-25(21(28)23-13-16-5-2-1-3-6-16)10-8-19(18)24-26(20)14-17-7-4-9-22-12-17/h1-7,9,11-12H,8,10,13-15H2,(H,23,28). The van der Waals surface area contributed by atoms with E-state index in [1.807, 2.05) is 42.5 Å². The van der Waals surface area contributed by atoms with Crippen LogP contribution in [0.3, 0.4) is 0 Å². The second kappa shape index (κ2) is 8.04. The molecule has 0 unspecified atom stereocenters. The van der Waals surface area contributed by atoms with Gasteiger partial charge in [0, 0.05) is 50.1 Å². The molecule has 0 atom stereocenters. The van der Waals surface area contributed by atoms with Crippen molar-refractivity contribution in [3.63, 3.8) is 0 Å². The van der Waals surface area contributed by atoms with Crippen molar-refractivity contribution in [3.8, 4) is 0 Å². The number of nitrogens with zero attached hydrogens (tertiary/aromatic N) is 4. The van der Waals surface area contributed by atoms with Crippen molar-refractivity contribution in [1.29, 1.82) is 0 Å². The van der Waals surface area contributed by atoms with Crippen LogP contribution in [0.15, 0.2) is 65.7 Å². The number of fused-ring (bicyclic) bond motifs is 1. The van der Waals surface area contributed by atoms with Crippen LogP contribution in [0.2, 0.25) is 0 Å². The van der Waals surface area contributed by atoms with Crippen molar-refractivity contribution in [3.05, 3.63) is 93.7 Å². The van der Waals surface area contributed by atoms with Gasteiger partial charge in [0.15, 0.2) is 0 Å². The van der Waals surface area contributed by atoms with E-state index in [0.717, 1.165) is 22.4 Å². The van der Waals surface area contributed by atoms with Gasteiger partial charge in [-0.3, -0.25) is 9.78 Å². The van der Waals surface area contributed by atoms with Crippen molar-refractivity contribution in [1.82, 2.24) is 25.0 Å². The molecule has 2 aromatic heterocycles. The summed E-state index contributed by atoms with van der Waals surface area (Å²) in [7, 11) is 0. The van der Waals surface area contributed by atoms with Crippen molar-refractivity contribution < 1.29 is 4.79 Å². The number of carbonyl (C=O) groups is 1. The van der Waals surface area contributed by atoms with Gasteiger partial charge in [-0.15, -0.1) is 0 Å². The largest absolute Gasteiger partial charge is 0.334 e. The molecule has 1 aliphatic rings. The normalized spacial score (nSPS) is 13.1. The summed E-state index contributed by atoms with van der Waals surface area (Å²) in [5.74, 6) is 0. The zero-order valence-corrected chi connectivity index (χ0v) is 15.4. The molecule has 1 aromatic carbocycles. The van der Waals surface area contributed by atoms with Gasteiger partial charge < -0.3 is 10.2 Å². The van der Waals surface area contributed by atoms with Crippen LogP contribution in [0.1, 0.15) is 22.4 Å². The smallest absolute Gasteiger partial charge is 0.317 e. The molecule has 28 heavy (non-hydrogen) atoms. The molecule has 1 N–H and O–H groups in total. The van der Waals surface area contributed by atoms with Crippen LogP contribution < -0.4 is 10.9 Å². The lowest BCUT2D eigenvalue weighted by molar-refractivity contribution is 0.191. The molecule has 0 spiro atoms. The highest BCUT2D eigenvalue weighted by Gasteiger charge is 2.22. The van der Waals surface area contributed by atoms with E-state index in [1.54, 1.807) is 23.4 Å². The Hall–Kier alpha value is -3.48. The van der Waals surface area contributed by atoms with E-state index in [1.165, 1.54) is 4.68 Å². The molecular weight excluding hydrogens is 354 g/mol. The van der Waals surface area contributed by atoms with Gasteiger partial charge >= 0.3 is 6.03 Å². The number of hydrogen-bond donors (Lipinski definition) is 1. The van der Waals surface area contributed by atoms with Crippen LogP contribution in [0, 0.1) is 0 Å². The molecule has 0 bridgehead atoms. The molecule has 0 fully saturated rings. The number of carbonyl (C=O) groups excluding carboxylic acids is 1. The minimum atomic E-state index is -0.172. The Bertz CT molecular complexity index is 1020. The molecule has 3 heterocycles. The number of amides is 2. The van der Waals surface area contributed by atoms with Crippen LogP contribution in [0.4, 0.5) is 4.79 Å². The summed E-state index contributed by atoms with van der Waals surface area (Å²) in [6.07, 6.45) is 4.05. The summed E-state index contributed by atoms with van der Waals surface area (Å²) in [4.78, 5) is 30.7. The fourth-order valence-electron chi connectivity index (χ4n) is 3.28. The maximum absolute atomic E-state index is 12.5. The van der Waals surface area contributed by atoms with Gasteiger partial charge in [0.2, 0.25) is 0 Å². The lowest BCUT2D eigenvalue weighted by Gasteiger charge is -2.28. The van der Waals surface area contributed by atoms with Crippen LogP contribution in [0.5, 0.6) is 0 Å². The number of rotatable bonds is 4. The molecule has 0 saturated carbocycles. The average molecular weight is 375 g/mol. The first-order valence-electron chi connectivity index (χ1n) is 9.24. The third-order valence-corrected chi connectivity index (χ3v) is 4.77. The predicted molar refractivity (Wildman–Crippen MR) is 105 cm³/mol. The molecule has 3 aromatic rings. The average Bonchev–Trinajstić information content (AvgIpc) is 2.74. The maximum Gasteiger partial charge on any atom is 0.317 e. The lowest BCUT2D eigenvalue weighted by atomic mass is 10.1. The van der Waals surface area contributed by atoms with Gasteiger partial charge in [-0.05, 0) is 17.2 Å². The van der Waals surface area contributed by atoms with E-state index in [4.69, 9.17) is 0 Å². The van der Waals surface area contributed by atoms with Gasteiger partial charge in [-0.1, -0.05) is 36.4 Å². The number of nitrogens with one attached hydrogen (secondary N) is 1. The summed E-state index contributed by atoms with van der Waals surface area (Å²) >= 11 is 0. The van der Waals surface area contributed by atoms with Gasteiger partial charge in [-0.2, -0.15) is 5.10 Å². The molecule has 4 rings (SSSR count). The van der Waals surface area contributed by atoms with Gasteiger partial charge in [0.05, 0.1) is 12.2 Å². The molecule has 7 nitrogen and oxygen atoms in total. The Morgan fingerprint density at radius 2 is 1.93 bits per heavy atom. The topological polar surface area (TPSA) is 80.1 Å². The van der Waals surface area contributed by atoms with Crippen molar-refractivity contribution in [2.75, 3.05) is 6.54 Å². The predicted octanol–water partition coefficient (Wildman–Crippen LogP) is 1.95. The number of benzene rings is 1.